The van der Waals surface area contributed by atoms with Gasteiger partial charge in [-0.05, 0) is 24.6 Å². The normalized spacial score (nSPS) is 10.1. The van der Waals surface area contributed by atoms with E-state index in [1.807, 2.05) is 12.4 Å². The van der Waals surface area contributed by atoms with Gasteiger partial charge < -0.3 is 10.3 Å². The topological polar surface area (TPSA) is 27.8 Å². The van der Waals surface area contributed by atoms with E-state index in [2.05, 4.69) is 29.0 Å². The molecule has 1 aromatic rings. The quantitative estimate of drug-likeness (QED) is 0.339. The fourth-order valence-corrected chi connectivity index (χ4v) is 0.984. The van der Waals surface area contributed by atoms with Crippen molar-refractivity contribution in [3.05, 3.63) is 24.0 Å². The molecule has 3 heteroatoms. The van der Waals surface area contributed by atoms with Crippen LogP contribution in [0.4, 0.5) is 0 Å². The third-order valence-corrected chi connectivity index (χ3v) is 1.59. The number of thiol groups is 1. The molecule has 0 aliphatic rings. The second-order valence-corrected chi connectivity index (χ2v) is 2.44. The number of aromatic amines is 1. The van der Waals surface area contributed by atoms with Crippen LogP contribution in [-0.4, -0.2) is 17.4 Å². The number of aromatic nitrogens is 1. The Morgan fingerprint density at radius 2 is 2.50 bits per heavy atom. The molecule has 0 saturated carbocycles. The van der Waals surface area contributed by atoms with E-state index in [1.165, 1.54) is 5.56 Å². The van der Waals surface area contributed by atoms with Gasteiger partial charge in [0.25, 0.3) is 0 Å². The summed E-state index contributed by atoms with van der Waals surface area (Å²) >= 11 is 4.03. The Hall–Kier alpha value is -0.410. The van der Waals surface area contributed by atoms with Gasteiger partial charge in [-0.15, -0.1) is 0 Å². The first-order chi connectivity index (χ1) is 4.93. The summed E-state index contributed by atoms with van der Waals surface area (Å²) < 4.78 is 0. The van der Waals surface area contributed by atoms with Gasteiger partial charge in [0, 0.05) is 18.3 Å². The number of rotatable bonds is 4. The van der Waals surface area contributed by atoms with Gasteiger partial charge in [0.15, 0.2) is 0 Å². The second-order valence-electron chi connectivity index (χ2n) is 2.13. The van der Waals surface area contributed by atoms with Gasteiger partial charge in [-0.2, -0.15) is 12.6 Å². The minimum atomic E-state index is 0.754. The molecule has 0 unspecified atom stereocenters. The third kappa shape index (κ3) is 2.45. The van der Waals surface area contributed by atoms with Gasteiger partial charge >= 0.3 is 0 Å². The SMILES string of the molecule is SCNCCc1cc[nH]c1. The highest BCUT2D eigenvalue weighted by molar-refractivity contribution is 7.80. The van der Waals surface area contributed by atoms with E-state index in [-0.39, 0.29) is 0 Å². The number of nitrogens with one attached hydrogen (secondary N) is 2. The third-order valence-electron chi connectivity index (χ3n) is 1.36. The van der Waals surface area contributed by atoms with Crippen LogP contribution < -0.4 is 5.32 Å². The Balaban J connectivity index is 2.15. The van der Waals surface area contributed by atoms with Crippen molar-refractivity contribution in [2.24, 2.45) is 0 Å². The number of hydrogen-bond acceptors (Lipinski definition) is 2. The molecule has 2 nitrogen and oxygen atoms in total. The summed E-state index contributed by atoms with van der Waals surface area (Å²) in [5, 5.41) is 3.14. The Labute approximate surface area is 66.4 Å². The van der Waals surface area contributed by atoms with Crippen molar-refractivity contribution in [1.82, 2.24) is 10.3 Å². The smallest absolute Gasteiger partial charge is 0.0387 e. The van der Waals surface area contributed by atoms with Crippen LogP contribution in [0.2, 0.25) is 0 Å². The lowest BCUT2D eigenvalue weighted by Crippen LogP contribution is -2.14. The zero-order valence-electron chi connectivity index (χ0n) is 5.80. The lowest BCUT2D eigenvalue weighted by Gasteiger charge is -1.96. The molecule has 10 heavy (non-hydrogen) atoms. The summed E-state index contributed by atoms with van der Waals surface area (Å²) in [4.78, 5) is 3.01. The molecule has 0 radical (unpaired) electrons. The Kier molecular flexibility index (Phi) is 3.40. The van der Waals surface area contributed by atoms with E-state index in [1.54, 1.807) is 0 Å². The number of hydrogen-bond donors (Lipinski definition) is 3. The van der Waals surface area contributed by atoms with E-state index in [0.717, 1.165) is 18.8 Å². The highest BCUT2D eigenvalue weighted by Crippen LogP contribution is 1.95. The molecule has 56 valence electrons. The fourth-order valence-electron chi connectivity index (χ4n) is 0.826. The van der Waals surface area contributed by atoms with Crippen LogP contribution in [0.15, 0.2) is 18.5 Å². The Morgan fingerprint density at radius 1 is 1.60 bits per heavy atom. The predicted octanol–water partition coefficient (Wildman–Crippen LogP) is 1.03. The van der Waals surface area contributed by atoms with Crippen LogP contribution in [-0.2, 0) is 6.42 Å². The maximum Gasteiger partial charge on any atom is 0.0387 e. The van der Waals surface area contributed by atoms with Crippen LogP contribution in [0, 0.1) is 0 Å². The minimum absolute atomic E-state index is 0.754. The molecule has 0 saturated heterocycles. The molecule has 0 spiro atoms. The van der Waals surface area contributed by atoms with E-state index in [9.17, 15) is 0 Å². The molecule has 0 atom stereocenters. The van der Waals surface area contributed by atoms with Crippen molar-refractivity contribution in [2.75, 3.05) is 12.4 Å². The molecule has 2 N–H and O–H groups in total. The monoisotopic (exact) mass is 156 g/mol. The lowest BCUT2D eigenvalue weighted by molar-refractivity contribution is 0.777. The van der Waals surface area contributed by atoms with Crippen molar-refractivity contribution >= 4 is 12.6 Å². The van der Waals surface area contributed by atoms with Crippen LogP contribution in [0.25, 0.3) is 0 Å². The molecule has 0 bridgehead atoms. The summed E-state index contributed by atoms with van der Waals surface area (Å²) in [7, 11) is 0. The van der Waals surface area contributed by atoms with E-state index in [4.69, 9.17) is 0 Å². The first kappa shape index (κ1) is 7.69. The maximum absolute atomic E-state index is 4.03. The maximum atomic E-state index is 4.03. The van der Waals surface area contributed by atoms with Gasteiger partial charge in [-0.25, -0.2) is 0 Å². The van der Waals surface area contributed by atoms with E-state index < -0.39 is 0 Å². The second kappa shape index (κ2) is 4.41. The molecule has 1 heterocycles. The van der Waals surface area contributed by atoms with Gasteiger partial charge in [-0.1, -0.05) is 0 Å². The van der Waals surface area contributed by atoms with Crippen LogP contribution in [0.3, 0.4) is 0 Å². The lowest BCUT2D eigenvalue weighted by atomic mass is 10.2. The average molecular weight is 156 g/mol. The first-order valence-electron chi connectivity index (χ1n) is 3.36. The molecular formula is C7H12N2S. The van der Waals surface area contributed by atoms with Gasteiger partial charge in [-0.3, -0.25) is 0 Å². The highest BCUT2D eigenvalue weighted by Gasteiger charge is 1.89. The summed E-state index contributed by atoms with van der Waals surface area (Å²) in [5.41, 5.74) is 1.34. The van der Waals surface area contributed by atoms with Crippen molar-refractivity contribution in [1.29, 1.82) is 0 Å². The zero-order valence-corrected chi connectivity index (χ0v) is 6.70. The standard InChI is InChI=1S/C7H12N2S/c10-6-9-4-2-7-1-3-8-5-7/h1,3,5,8-10H,2,4,6H2. The molecular weight excluding hydrogens is 144 g/mol. The predicted molar refractivity (Wildman–Crippen MR) is 46.4 cm³/mol. The van der Waals surface area contributed by atoms with Crippen LogP contribution >= 0.6 is 12.6 Å². The Bertz CT molecular complexity index is 160. The van der Waals surface area contributed by atoms with Crippen LogP contribution in [0.1, 0.15) is 5.56 Å². The summed E-state index contributed by atoms with van der Waals surface area (Å²) in [6.45, 7) is 1.00. The summed E-state index contributed by atoms with van der Waals surface area (Å²) in [6.07, 6.45) is 5.03. The van der Waals surface area contributed by atoms with Crippen molar-refractivity contribution < 1.29 is 0 Å². The van der Waals surface area contributed by atoms with E-state index in [0.29, 0.717) is 0 Å². The highest BCUT2D eigenvalue weighted by atomic mass is 32.1. The van der Waals surface area contributed by atoms with Gasteiger partial charge in [0.1, 0.15) is 0 Å². The number of H-pyrrole nitrogens is 1. The van der Waals surface area contributed by atoms with Crippen molar-refractivity contribution in [3.63, 3.8) is 0 Å². The van der Waals surface area contributed by atoms with Crippen LogP contribution in [0.5, 0.6) is 0 Å². The molecule has 1 rings (SSSR count). The fraction of sp³-hybridized carbons (Fsp3) is 0.429. The summed E-state index contributed by atoms with van der Waals surface area (Å²) in [6, 6.07) is 2.08. The average Bonchev–Trinajstić information content (AvgIpc) is 2.41. The molecule has 0 aromatic carbocycles. The molecule has 0 aliphatic carbocycles. The van der Waals surface area contributed by atoms with Gasteiger partial charge in [0.05, 0.1) is 0 Å². The summed E-state index contributed by atoms with van der Waals surface area (Å²) in [5.74, 6) is 0.754. The zero-order chi connectivity index (χ0) is 7.23. The molecule has 1 aromatic heterocycles. The largest absolute Gasteiger partial charge is 0.367 e. The van der Waals surface area contributed by atoms with Crippen molar-refractivity contribution in [3.8, 4) is 0 Å². The van der Waals surface area contributed by atoms with E-state index >= 15 is 0 Å². The Morgan fingerprint density at radius 3 is 3.10 bits per heavy atom. The molecule has 0 amide bonds. The van der Waals surface area contributed by atoms with Gasteiger partial charge in [0.2, 0.25) is 0 Å². The molecule has 0 fully saturated rings. The van der Waals surface area contributed by atoms with Crippen molar-refractivity contribution in [2.45, 2.75) is 6.42 Å². The minimum Gasteiger partial charge on any atom is -0.367 e. The molecule has 0 aliphatic heterocycles. The first-order valence-corrected chi connectivity index (χ1v) is 4.00.